The SMILES string of the molecule is Cn1c(=O)c2c(nc(Sc3nnc(COc4ccc(Cl)cc4)n3-c3ccccc3)n2C)n(C)c1=O. The number of nitrogens with zero attached hydrogens (tertiary/aromatic N) is 7. The molecule has 0 N–H and O–H groups in total. The third kappa shape index (κ3) is 4.13. The smallest absolute Gasteiger partial charge is 0.332 e. The van der Waals surface area contributed by atoms with Crippen LogP contribution in [0.5, 0.6) is 5.75 Å². The Hall–Kier alpha value is -3.83. The molecule has 0 unspecified atom stereocenters. The van der Waals surface area contributed by atoms with Gasteiger partial charge in [-0.1, -0.05) is 29.8 Å². The lowest BCUT2D eigenvalue weighted by Crippen LogP contribution is -2.37. The Kier molecular flexibility index (Phi) is 5.95. The molecule has 0 aliphatic carbocycles. The number of aromatic nitrogens is 7. The van der Waals surface area contributed by atoms with Gasteiger partial charge < -0.3 is 9.30 Å². The summed E-state index contributed by atoms with van der Waals surface area (Å²) in [5.41, 5.74) is 0.629. The summed E-state index contributed by atoms with van der Waals surface area (Å²) >= 11 is 7.20. The zero-order valence-electron chi connectivity index (χ0n) is 19.0. The highest BCUT2D eigenvalue weighted by Crippen LogP contribution is 2.30. The molecule has 5 aromatic rings. The number of hydrogen-bond acceptors (Lipinski definition) is 7. The molecule has 0 amide bonds. The molecule has 0 saturated carbocycles. The molecule has 5 rings (SSSR count). The first-order valence-corrected chi connectivity index (χ1v) is 11.7. The molecule has 0 fully saturated rings. The number of para-hydroxylation sites is 1. The molecule has 178 valence electrons. The van der Waals surface area contributed by atoms with Crippen molar-refractivity contribution in [3.05, 3.63) is 86.3 Å². The van der Waals surface area contributed by atoms with Crippen LogP contribution in [0.4, 0.5) is 0 Å². The Morgan fingerprint density at radius 3 is 2.31 bits per heavy atom. The zero-order chi connectivity index (χ0) is 24.7. The fourth-order valence-corrected chi connectivity index (χ4v) is 4.68. The summed E-state index contributed by atoms with van der Waals surface area (Å²) in [6, 6.07) is 16.7. The molecule has 0 saturated heterocycles. The van der Waals surface area contributed by atoms with E-state index in [-0.39, 0.29) is 6.61 Å². The molecule has 2 aromatic carbocycles. The van der Waals surface area contributed by atoms with Crippen molar-refractivity contribution in [2.45, 2.75) is 16.9 Å². The quantitative estimate of drug-likeness (QED) is 0.347. The van der Waals surface area contributed by atoms with Gasteiger partial charge in [-0.25, -0.2) is 9.78 Å². The number of aryl methyl sites for hydroxylation is 2. The predicted molar refractivity (Wildman–Crippen MR) is 132 cm³/mol. The van der Waals surface area contributed by atoms with E-state index >= 15 is 0 Å². The van der Waals surface area contributed by atoms with Gasteiger partial charge in [-0.2, -0.15) is 0 Å². The van der Waals surface area contributed by atoms with Crippen molar-refractivity contribution in [3.63, 3.8) is 0 Å². The molecule has 35 heavy (non-hydrogen) atoms. The molecule has 0 bridgehead atoms. The van der Waals surface area contributed by atoms with Gasteiger partial charge in [0.05, 0.1) is 0 Å². The van der Waals surface area contributed by atoms with E-state index in [1.807, 2.05) is 34.9 Å². The van der Waals surface area contributed by atoms with Gasteiger partial charge in [-0.3, -0.25) is 18.5 Å². The Balaban J connectivity index is 1.56. The van der Waals surface area contributed by atoms with Crippen molar-refractivity contribution in [2.24, 2.45) is 21.1 Å². The second-order valence-electron chi connectivity index (χ2n) is 7.75. The number of halogens is 1. The van der Waals surface area contributed by atoms with Crippen LogP contribution >= 0.6 is 23.4 Å². The molecule has 3 heterocycles. The van der Waals surface area contributed by atoms with Gasteiger partial charge >= 0.3 is 5.69 Å². The number of imidazole rings is 1. The summed E-state index contributed by atoms with van der Waals surface area (Å²) in [7, 11) is 4.77. The number of fused-ring (bicyclic) bond motifs is 1. The maximum atomic E-state index is 12.7. The molecule has 12 heteroatoms. The summed E-state index contributed by atoms with van der Waals surface area (Å²) in [5.74, 6) is 1.23. The lowest BCUT2D eigenvalue weighted by molar-refractivity contribution is 0.293. The van der Waals surface area contributed by atoms with Crippen LogP contribution in [-0.4, -0.2) is 33.4 Å². The highest BCUT2D eigenvalue weighted by molar-refractivity contribution is 7.99. The van der Waals surface area contributed by atoms with Gasteiger partial charge in [0, 0.05) is 31.9 Å². The van der Waals surface area contributed by atoms with E-state index < -0.39 is 11.2 Å². The van der Waals surface area contributed by atoms with Gasteiger partial charge in [-0.15, -0.1) is 10.2 Å². The number of benzene rings is 2. The van der Waals surface area contributed by atoms with E-state index in [1.165, 1.54) is 23.4 Å². The maximum absolute atomic E-state index is 12.7. The van der Waals surface area contributed by atoms with E-state index in [2.05, 4.69) is 15.2 Å². The Morgan fingerprint density at radius 2 is 1.60 bits per heavy atom. The van der Waals surface area contributed by atoms with Crippen LogP contribution in [0.1, 0.15) is 5.82 Å². The topological polar surface area (TPSA) is 102 Å². The molecule has 0 radical (unpaired) electrons. The summed E-state index contributed by atoms with van der Waals surface area (Å²) in [5, 5.41) is 10.4. The van der Waals surface area contributed by atoms with Gasteiger partial charge in [0.25, 0.3) is 5.56 Å². The predicted octanol–water partition coefficient (Wildman–Crippen LogP) is 2.94. The van der Waals surface area contributed by atoms with Crippen molar-refractivity contribution in [3.8, 4) is 11.4 Å². The number of rotatable bonds is 6. The van der Waals surface area contributed by atoms with E-state index in [4.69, 9.17) is 16.3 Å². The van der Waals surface area contributed by atoms with E-state index in [0.717, 1.165) is 10.3 Å². The molecule has 0 atom stereocenters. The molecular weight excluding hydrogens is 490 g/mol. The van der Waals surface area contributed by atoms with Crippen molar-refractivity contribution >= 4 is 34.5 Å². The van der Waals surface area contributed by atoms with Gasteiger partial charge in [0.15, 0.2) is 22.1 Å². The second kappa shape index (κ2) is 9.08. The van der Waals surface area contributed by atoms with Crippen LogP contribution in [0.15, 0.2) is 74.5 Å². The number of hydrogen-bond donors (Lipinski definition) is 0. The molecular formula is C23H20ClN7O3S. The molecule has 0 spiro atoms. The second-order valence-corrected chi connectivity index (χ2v) is 9.12. The molecule has 0 aliphatic rings. The normalized spacial score (nSPS) is 11.3. The standard InChI is InChI=1S/C23H20ClN7O3S/c1-28-18-19(29(2)23(33)30(3)20(18)32)25-21(28)35-22-27-26-17(31(22)15-7-5-4-6-8-15)13-34-16-11-9-14(24)10-12-16/h4-12H,13H2,1-3H3. The highest BCUT2D eigenvalue weighted by atomic mass is 35.5. The number of ether oxygens (including phenoxy) is 1. The van der Waals surface area contributed by atoms with E-state index in [0.29, 0.717) is 38.1 Å². The molecule has 10 nitrogen and oxygen atoms in total. The fraction of sp³-hybridized carbons (Fsp3) is 0.174. The van der Waals surface area contributed by atoms with Crippen LogP contribution in [0.25, 0.3) is 16.9 Å². The summed E-state index contributed by atoms with van der Waals surface area (Å²) in [6.45, 7) is 0.168. The lowest BCUT2D eigenvalue weighted by Gasteiger charge is -2.11. The minimum Gasteiger partial charge on any atom is -0.486 e. The fourth-order valence-electron chi connectivity index (χ4n) is 3.65. The third-order valence-corrected chi connectivity index (χ3v) is 6.76. The van der Waals surface area contributed by atoms with Crippen molar-refractivity contribution in [1.82, 2.24) is 33.4 Å². The summed E-state index contributed by atoms with van der Waals surface area (Å²) in [6.07, 6.45) is 0. The first-order chi connectivity index (χ1) is 16.8. The van der Waals surface area contributed by atoms with Crippen LogP contribution < -0.4 is 16.0 Å². The highest BCUT2D eigenvalue weighted by Gasteiger charge is 2.21. The first kappa shape index (κ1) is 22.9. The van der Waals surface area contributed by atoms with Gasteiger partial charge in [0.1, 0.15) is 12.4 Å². The van der Waals surface area contributed by atoms with Crippen LogP contribution in [0.2, 0.25) is 5.02 Å². The van der Waals surface area contributed by atoms with Gasteiger partial charge in [-0.05, 0) is 48.2 Å². The van der Waals surface area contributed by atoms with Crippen molar-refractivity contribution < 1.29 is 4.74 Å². The lowest BCUT2D eigenvalue weighted by atomic mass is 10.3. The Labute approximate surface area is 208 Å². The zero-order valence-corrected chi connectivity index (χ0v) is 20.6. The largest absolute Gasteiger partial charge is 0.486 e. The van der Waals surface area contributed by atoms with Crippen LogP contribution in [0.3, 0.4) is 0 Å². The van der Waals surface area contributed by atoms with Crippen LogP contribution in [-0.2, 0) is 27.7 Å². The average Bonchev–Trinajstić information content (AvgIpc) is 3.42. The summed E-state index contributed by atoms with van der Waals surface area (Å²) < 4.78 is 11.9. The average molecular weight is 510 g/mol. The van der Waals surface area contributed by atoms with E-state index in [1.54, 1.807) is 42.9 Å². The van der Waals surface area contributed by atoms with Crippen molar-refractivity contribution in [1.29, 1.82) is 0 Å². The minimum atomic E-state index is -0.439. The molecule has 0 aliphatic heterocycles. The summed E-state index contributed by atoms with van der Waals surface area (Å²) in [4.78, 5) is 29.7. The minimum absolute atomic E-state index is 0.168. The van der Waals surface area contributed by atoms with Gasteiger partial charge in [0.2, 0.25) is 5.16 Å². The maximum Gasteiger partial charge on any atom is 0.332 e. The molecule has 3 aromatic heterocycles. The Bertz CT molecular complexity index is 1650. The third-order valence-electron chi connectivity index (χ3n) is 5.51. The monoisotopic (exact) mass is 509 g/mol. The first-order valence-electron chi connectivity index (χ1n) is 10.5. The van der Waals surface area contributed by atoms with E-state index in [9.17, 15) is 9.59 Å². The van der Waals surface area contributed by atoms with Crippen LogP contribution in [0, 0.1) is 0 Å². The Morgan fingerprint density at radius 1 is 0.886 bits per heavy atom. The van der Waals surface area contributed by atoms with Crippen molar-refractivity contribution in [2.75, 3.05) is 0 Å².